The number of cyclic esters (lactones) is 1. The van der Waals surface area contributed by atoms with Crippen LogP contribution in [0.4, 0.5) is 4.79 Å². The van der Waals surface area contributed by atoms with E-state index >= 15 is 0 Å². The number of nitrogens with one attached hydrogen (secondary N) is 1. The Bertz CT molecular complexity index is 845. The van der Waals surface area contributed by atoms with E-state index in [1.54, 1.807) is 24.8 Å². The summed E-state index contributed by atoms with van der Waals surface area (Å²) in [4.78, 5) is 18.5. The van der Waals surface area contributed by atoms with E-state index in [-0.39, 0.29) is 12.2 Å². The van der Waals surface area contributed by atoms with Gasteiger partial charge in [-0.25, -0.2) is 4.79 Å². The molecule has 1 fully saturated rings. The molecule has 0 bridgehead atoms. The van der Waals surface area contributed by atoms with Gasteiger partial charge in [-0.15, -0.1) is 0 Å². The number of hydrogen-bond acceptors (Lipinski definition) is 4. The van der Waals surface area contributed by atoms with Gasteiger partial charge in [-0.1, -0.05) is 30.0 Å². The molecule has 1 aromatic carbocycles. The van der Waals surface area contributed by atoms with Crippen molar-refractivity contribution in [2.45, 2.75) is 6.10 Å². The monoisotopic (exact) mass is 343 g/mol. The fourth-order valence-electron chi connectivity index (χ4n) is 2.26. The second-order valence-corrected chi connectivity index (χ2v) is 5.41. The van der Waals surface area contributed by atoms with Crippen LogP contribution in [0.5, 0.6) is 0 Å². The molecule has 3 aromatic rings. The lowest BCUT2D eigenvalue weighted by Crippen LogP contribution is -2.12. The van der Waals surface area contributed by atoms with Crippen LogP contribution in [-0.2, 0) is 4.74 Å². The van der Waals surface area contributed by atoms with Crippen molar-refractivity contribution in [1.82, 2.24) is 15.3 Å². The van der Waals surface area contributed by atoms with Gasteiger partial charge < -0.3 is 10.1 Å². The number of aromatic nitrogens is 2. The summed E-state index contributed by atoms with van der Waals surface area (Å²) in [6.07, 6.45) is 6.37. The Balaban J connectivity index is 0.000000152. The second-order valence-electron chi connectivity index (χ2n) is 5.41. The molecule has 0 radical (unpaired) electrons. The van der Waals surface area contributed by atoms with Crippen LogP contribution in [0.1, 0.15) is 22.8 Å². The van der Waals surface area contributed by atoms with Crippen molar-refractivity contribution in [3.05, 3.63) is 96.1 Å². The number of hydrogen-bond donors (Lipinski definition) is 1. The van der Waals surface area contributed by atoms with E-state index in [0.717, 1.165) is 16.7 Å². The van der Waals surface area contributed by atoms with E-state index in [1.165, 1.54) is 0 Å². The van der Waals surface area contributed by atoms with Gasteiger partial charge in [-0.3, -0.25) is 9.97 Å². The number of carbonyl (C=O) groups is 1. The second kappa shape index (κ2) is 9.00. The molecule has 0 spiro atoms. The average molecular weight is 343 g/mol. The summed E-state index contributed by atoms with van der Waals surface area (Å²) < 4.78 is 4.97. The van der Waals surface area contributed by atoms with Crippen LogP contribution in [0.2, 0.25) is 0 Å². The quantitative estimate of drug-likeness (QED) is 0.688. The van der Waals surface area contributed by atoms with Gasteiger partial charge in [0, 0.05) is 35.9 Å². The van der Waals surface area contributed by atoms with Crippen LogP contribution in [0.25, 0.3) is 0 Å². The van der Waals surface area contributed by atoms with E-state index in [2.05, 4.69) is 27.1 Å². The third-order valence-electron chi connectivity index (χ3n) is 3.55. The first-order valence-electron chi connectivity index (χ1n) is 8.13. The number of benzene rings is 1. The summed E-state index contributed by atoms with van der Waals surface area (Å²) in [5, 5.41) is 2.59. The molecule has 0 unspecified atom stereocenters. The molecular weight excluding hydrogens is 326 g/mol. The third-order valence-corrected chi connectivity index (χ3v) is 3.55. The van der Waals surface area contributed by atoms with E-state index in [4.69, 9.17) is 4.74 Å². The maximum Gasteiger partial charge on any atom is 0.407 e. The molecule has 5 nitrogen and oxygen atoms in total. The Labute approximate surface area is 152 Å². The zero-order valence-corrected chi connectivity index (χ0v) is 14.0. The fraction of sp³-hybridized carbons (Fsp3) is 0.0952. The van der Waals surface area contributed by atoms with Gasteiger partial charge in [-0.05, 0) is 42.0 Å². The first-order valence-corrected chi connectivity index (χ1v) is 8.13. The molecule has 1 aliphatic heterocycles. The predicted octanol–water partition coefficient (Wildman–Crippen LogP) is 3.34. The number of carbonyl (C=O) groups excluding carboxylic acids is 1. The summed E-state index contributed by atoms with van der Waals surface area (Å²) in [5.41, 5.74) is 2.94. The van der Waals surface area contributed by atoms with Crippen molar-refractivity contribution in [2.75, 3.05) is 6.54 Å². The molecule has 5 heteroatoms. The molecule has 0 aliphatic carbocycles. The first kappa shape index (κ1) is 17.2. The lowest BCUT2D eigenvalue weighted by atomic mass is 10.1. The van der Waals surface area contributed by atoms with Crippen LogP contribution in [0.15, 0.2) is 79.4 Å². The van der Waals surface area contributed by atoms with Gasteiger partial charge in [0.2, 0.25) is 0 Å². The summed E-state index contributed by atoms with van der Waals surface area (Å²) in [5.74, 6) is 6.12. The molecule has 1 N–H and O–H groups in total. The predicted molar refractivity (Wildman–Crippen MR) is 98.1 cm³/mol. The van der Waals surface area contributed by atoms with Gasteiger partial charge in [-0.2, -0.15) is 0 Å². The van der Waals surface area contributed by atoms with Crippen molar-refractivity contribution < 1.29 is 9.53 Å². The van der Waals surface area contributed by atoms with Gasteiger partial charge >= 0.3 is 6.09 Å². The molecule has 1 amide bonds. The minimum Gasteiger partial charge on any atom is -0.439 e. The number of alkyl carbamates (subject to hydrolysis) is 1. The SMILES string of the molecule is C(#Cc1cccnc1)c1ccccc1.O=C1NC[C@H](c2ccncc2)O1. The third kappa shape index (κ3) is 5.18. The largest absolute Gasteiger partial charge is 0.439 e. The molecule has 128 valence electrons. The number of pyridine rings is 2. The van der Waals surface area contributed by atoms with E-state index in [9.17, 15) is 4.79 Å². The van der Waals surface area contributed by atoms with E-state index < -0.39 is 0 Å². The average Bonchev–Trinajstić information content (AvgIpc) is 3.16. The standard InChI is InChI=1S/C13H9N.C8H8N2O2/c1-2-5-12(6-3-1)8-9-13-7-4-10-14-11-13;11-8-10-5-7(12-8)6-1-3-9-4-2-6/h1-7,10-11H;1-4,7H,5H2,(H,10,11)/t;7-/m.1/s1. The van der Waals surface area contributed by atoms with Crippen LogP contribution in [0, 0.1) is 11.8 Å². The van der Waals surface area contributed by atoms with Gasteiger partial charge in [0.25, 0.3) is 0 Å². The highest BCUT2D eigenvalue weighted by molar-refractivity contribution is 5.69. The van der Waals surface area contributed by atoms with Gasteiger partial charge in [0.15, 0.2) is 0 Å². The topological polar surface area (TPSA) is 64.1 Å². The molecule has 0 saturated carbocycles. The van der Waals surface area contributed by atoms with Crippen molar-refractivity contribution in [3.63, 3.8) is 0 Å². The minimum atomic E-state index is -0.350. The molecule has 26 heavy (non-hydrogen) atoms. The highest BCUT2D eigenvalue weighted by Crippen LogP contribution is 2.19. The number of ether oxygens (including phenoxy) is 1. The fourth-order valence-corrected chi connectivity index (χ4v) is 2.26. The molecule has 1 saturated heterocycles. The summed E-state index contributed by atoms with van der Waals surface area (Å²) in [6, 6.07) is 17.4. The number of nitrogens with zero attached hydrogens (tertiary/aromatic N) is 2. The molecule has 3 heterocycles. The Morgan fingerprint density at radius 2 is 1.62 bits per heavy atom. The van der Waals surface area contributed by atoms with E-state index in [0.29, 0.717) is 6.54 Å². The van der Waals surface area contributed by atoms with E-state index in [1.807, 2.05) is 54.6 Å². The maximum absolute atomic E-state index is 10.7. The highest BCUT2D eigenvalue weighted by atomic mass is 16.6. The van der Waals surface area contributed by atoms with Crippen LogP contribution < -0.4 is 5.32 Å². The van der Waals surface area contributed by atoms with Crippen molar-refractivity contribution in [1.29, 1.82) is 0 Å². The Kier molecular flexibility index (Phi) is 5.95. The molecule has 2 aromatic heterocycles. The summed E-state index contributed by atoms with van der Waals surface area (Å²) in [7, 11) is 0. The minimum absolute atomic E-state index is 0.152. The number of amides is 1. The molecular formula is C21H17N3O2. The lowest BCUT2D eigenvalue weighted by molar-refractivity contribution is 0.141. The van der Waals surface area contributed by atoms with Crippen LogP contribution >= 0.6 is 0 Å². The normalized spacial score (nSPS) is 14.8. The Morgan fingerprint density at radius 3 is 2.27 bits per heavy atom. The zero-order chi connectivity index (χ0) is 18.0. The molecule has 1 atom stereocenters. The summed E-state index contributed by atoms with van der Waals surface area (Å²) >= 11 is 0. The molecule has 4 rings (SSSR count). The summed E-state index contributed by atoms with van der Waals surface area (Å²) in [6.45, 7) is 0.544. The van der Waals surface area contributed by atoms with Crippen LogP contribution in [-0.4, -0.2) is 22.6 Å². The van der Waals surface area contributed by atoms with Crippen LogP contribution in [0.3, 0.4) is 0 Å². The van der Waals surface area contributed by atoms with Crippen molar-refractivity contribution >= 4 is 6.09 Å². The van der Waals surface area contributed by atoms with Gasteiger partial charge in [0.1, 0.15) is 6.10 Å². The maximum atomic E-state index is 10.7. The Hall–Kier alpha value is -3.65. The highest BCUT2D eigenvalue weighted by Gasteiger charge is 2.23. The smallest absolute Gasteiger partial charge is 0.407 e. The Morgan fingerprint density at radius 1 is 0.885 bits per heavy atom. The molecule has 1 aliphatic rings. The lowest BCUT2D eigenvalue weighted by Gasteiger charge is -2.05. The van der Waals surface area contributed by atoms with Crippen molar-refractivity contribution in [2.24, 2.45) is 0 Å². The van der Waals surface area contributed by atoms with Gasteiger partial charge in [0.05, 0.1) is 6.54 Å². The van der Waals surface area contributed by atoms with Crippen molar-refractivity contribution in [3.8, 4) is 11.8 Å². The zero-order valence-electron chi connectivity index (χ0n) is 14.0. The first-order chi connectivity index (χ1) is 12.8. The number of rotatable bonds is 1.